The standard InChI is InChI=1S/C22H30ClN3O3/c23-19-17(25-16-4-2-1-3-5-16)12-24-26(20(19)29)22-9-14-6-15(10-22)8-21(7-14,13-22)11-18(27)28/h12,14-16,25H,1-11,13H2,(H,27,28). The van der Waals surface area contributed by atoms with Gasteiger partial charge < -0.3 is 10.4 Å². The van der Waals surface area contributed by atoms with Gasteiger partial charge in [0.2, 0.25) is 0 Å². The number of carbonyl (C=O) groups is 1. The molecule has 0 spiro atoms. The molecule has 2 N–H and O–H groups in total. The Bertz CT molecular complexity index is 863. The van der Waals surface area contributed by atoms with E-state index in [1.165, 1.54) is 19.3 Å². The topological polar surface area (TPSA) is 84.2 Å². The van der Waals surface area contributed by atoms with Gasteiger partial charge in [-0.25, -0.2) is 4.68 Å². The Morgan fingerprint density at radius 1 is 1.21 bits per heavy atom. The average molecular weight is 420 g/mol. The second-order valence-electron chi connectivity index (χ2n) is 10.3. The first-order valence-corrected chi connectivity index (χ1v) is 11.5. The van der Waals surface area contributed by atoms with E-state index in [0.29, 0.717) is 23.6 Å². The molecule has 5 aliphatic rings. The van der Waals surface area contributed by atoms with Crippen LogP contribution >= 0.6 is 11.6 Å². The number of rotatable bonds is 5. The second kappa shape index (κ2) is 7.00. The lowest BCUT2D eigenvalue weighted by molar-refractivity contribution is -0.151. The molecule has 2 unspecified atom stereocenters. The first kappa shape index (κ1) is 19.4. The van der Waals surface area contributed by atoms with E-state index < -0.39 is 5.97 Å². The van der Waals surface area contributed by atoms with Crippen molar-refractivity contribution in [2.45, 2.75) is 88.6 Å². The Morgan fingerprint density at radius 2 is 1.90 bits per heavy atom. The molecule has 0 aliphatic heterocycles. The lowest BCUT2D eigenvalue weighted by Crippen LogP contribution is -2.59. The Kier molecular flexibility index (Phi) is 4.68. The van der Waals surface area contributed by atoms with Gasteiger partial charge in [-0.2, -0.15) is 5.10 Å². The highest BCUT2D eigenvalue weighted by Gasteiger charge is 2.59. The van der Waals surface area contributed by atoms with Crippen LogP contribution in [0.3, 0.4) is 0 Å². The van der Waals surface area contributed by atoms with Crippen LogP contribution in [0.2, 0.25) is 5.02 Å². The zero-order chi connectivity index (χ0) is 20.2. The summed E-state index contributed by atoms with van der Waals surface area (Å²) in [5.41, 5.74) is -0.142. The third kappa shape index (κ3) is 3.37. The summed E-state index contributed by atoms with van der Waals surface area (Å²) < 4.78 is 1.63. The molecule has 5 saturated carbocycles. The number of nitrogens with one attached hydrogen (secondary N) is 1. The molecule has 1 aromatic rings. The number of carboxylic acids is 1. The van der Waals surface area contributed by atoms with Crippen LogP contribution in [-0.4, -0.2) is 26.9 Å². The first-order chi connectivity index (χ1) is 13.9. The van der Waals surface area contributed by atoms with Crippen molar-refractivity contribution in [1.82, 2.24) is 9.78 Å². The molecule has 4 bridgehead atoms. The maximum Gasteiger partial charge on any atom is 0.303 e. The molecular formula is C22H30ClN3O3. The molecule has 29 heavy (non-hydrogen) atoms. The van der Waals surface area contributed by atoms with Gasteiger partial charge in [-0.15, -0.1) is 0 Å². The van der Waals surface area contributed by atoms with Gasteiger partial charge in [-0.1, -0.05) is 30.9 Å². The molecule has 7 heteroatoms. The van der Waals surface area contributed by atoms with Crippen LogP contribution in [0.25, 0.3) is 0 Å². The zero-order valence-corrected chi connectivity index (χ0v) is 17.6. The first-order valence-electron chi connectivity index (χ1n) is 11.1. The molecule has 0 amide bonds. The van der Waals surface area contributed by atoms with Crippen molar-refractivity contribution in [1.29, 1.82) is 0 Å². The summed E-state index contributed by atoms with van der Waals surface area (Å²) in [5.74, 6) is 0.249. The number of anilines is 1. The molecule has 0 radical (unpaired) electrons. The third-order valence-electron chi connectivity index (χ3n) is 8.01. The van der Waals surface area contributed by atoms with Crippen LogP contribution in [0.5, 0.6) is 0 Å². The molecule has 5 fully saturated rings. The fourth-order valence-corrected chi connectivity index (χ4v) is 7.70. The van der Waals surface area contributed by atoms with Crippen molar-refractivity contribution >= 4 is 23.3 Å². The highest BCUT2D eigenvalue weighted by Crippen LogP contribution is 2.65. The Morgan fingerprint density at radius 3 is 2.55 bits per heavy atom. The van der Waals surface area contributed by atoms with Crippen molar-refractivity contribution in [2.24, 2.45) is 17.3 Å². The number of nitrogens with zero attached hydrogens (tertiary/aromatic N) is 2. The van der Waals surface area contributed by atoms with E-state index in [4.69, 9.17) is 11.6 Å². The number of hydrogen-bond donors (Lipinski definition) is 2. The summed E-state index contributed by atoms with van der Waals surface area (Å²) >= 11 is 6.55. The number of carboxylic acid groups (broad SMARTS) is 1. The Labute approximate surface area is 176 Å². The molecule has 1 aromatic heterocycles. The maximum absolute atomic E-state index is 13.3. The quantitative estimate of drug-likeness (QED) is 0.738. The van der Waals surface area contributed by atoms with Crippen LogP contribution in [0.15, 0.2) is 11.0 Å². The second-order valence-corrected chi connectivity index (χ2v) is 10.7. The number of aliphatic carboxylic acids is 1. The fraction of sp³-hybridized carbons (Fsp3) is 0.773. The largest absolute Gasteiger partial charge is 0.481 e. The van der Waals surface area contributed by atoms with Gasteiger partial charge >= 0.3 is 5.97 Å². The van der Waals surface area contributed by atoms with Crippen molar-refractivity contribution < 1.29 is 9.90 Å². The molecule has 2 atom stereocenters. The minimum absolute atomic E-state index is 0.192. The third-order valence-corrected chi connectivity index (χ3v) is 8.38. The van der Waals surface area contributed by atoms with Gasteiger partial charge in [-0.3, -0.25) is 9.59 Å². The summed E-state index contributed by atoms with van der Waals surface area (Å²) in [6.07, 6.45) is 13.5. The summed E-state index contributed by atoms with van der Waals surface area (Å²) in [6, 6.07) is 0.358. The zero-order valence-electron chi connectivity index (χ0n) is 16.8. The predicted octanol–water partition coefficient (Wildman–Crippen LogP) is 4.41. The Balaban J connectivity index is 1.46. The van der Waals surface area contributed by atoms with Gasteiger partial charge in [-0.05, 0) is 68.6 Å². The number of hydrogen-bond acceptors (Lipinski definition) is 4. The van der Waals surface area contributed by atoms with E-state index in [2.05, 4.69) is 10.4 Å². The summed E-state index contributed by atoms with van der Waals surface area (Å²) in [6.45, 7) is 0. The maximum atomic E-state index is 13.3. The van der Waals surface area contributed by atoms with E-state index >= 15 is 0 Å². The molecule has 6 rings (SSSR count). The van der Waals surface area contributed by atoms with Crippen LogP contribution in [0.1, 0.15) is 77.0 Å². The smallest absolute Gasteiger partial charge is 0.303 e. The molecule has 158 valence electrons. The van der Waals surface area contributed by atoms with Crippen LogP contribution in [-0.2, 0) is 10.3 Å². The van der Waals surface area contributed by atoms with Gasteiger partial charge in [0.15, 0.2) is 0 Å². The van der Waals surface area contributed by atoms with Gasteiger partial charge in [0.1, 0.15) is 5.02 Å². The Hall–Kier alpha value is -1.56. The minimum Gasteiger partial charge on any atom is -0.481 e. The SMILES string of the molecule is O=C(O)CC12CC3CC(C1)CC(n1ncc(NC4CCCCC4)c(Cl)c1=O)(C3)C2. The molecule has 0 saturated heterocycles. The summed E-state index contributed by atoms with van der Waals surface area (Å²) in [7, 11) is 0. The van der Waals surface area contributed by atoms with Crippen LogP contribution in [0, 0.1) is 17.3 Å². The lowest BCUT2D eigenvalue weighted by Gasteiger charge is -2.61. The summed E-state index contributed by atoms with van der Waals surface area (Å²) in [5, 5.41) is 17.8. The fourth-order valence-electron chi connectivity index (χ4n) is 7.52. The van der Waals surface area contributed by atoms with E-state index in [0.717, 1.165) is 51.4 Å². The van der Waals surface area contributed by atoms with Gasteiger partial charge in [0.05, 0.1) is 23.8 Å². The highest BCUT2D eigenvalue weighted by molar-refractivity contribution is 6.32. The van der Waals surface area contributed by atoms with E-state index in [1.807, 2.05) is 0 Å². The minimum atomic E-state index is -0.729. The molecular weight excluding hydrogens is 390 g/mol. The number of halogens is 1. The van der Waals surface area contributed by atoms with Crippen LogP contribution < -0.4 is 10.9 Å². The van der Waals surface area contributed by atoms with Gasteiger partial charge in [0.25, 0.3) is 5.56 Å². The number of aromatic nitrogens is 2. The van der Waals surface area contributed by atoms with E-state index in [-0.39, 0.29) is 28.0 Å². The normalized spacial score (nSPS) is 36.3. The molecule has 5 aliphatic carbocycles. The highest BCUT2D eigenvalue weighted by atomic mass is 35.5. The summed E-state index contributed by atoms with van der Waals surface area (Å²) in [4.78, 5) is 24.9. The van der Waals surface area contributed by atoms with Gasteiger partial charge in [0, 0.05) is 6.04 Å². The molecule has 1 heterocycles. The molecule has 0 aromatic carbocycles. The van der Waals surface area contributed by atoms with E-state index in [9.17, 15) is 14.7 Å². The van der Waals surface area contributed by atoms with E-state index in [1.54, 1.807) is 10.9 Å². The monoisotopic (exact) mass is 419 g/mol. The van der Waals surface area contributed by atoms with Crippen LogP contribution in [0.4, 0.5) is 5.69 Å². The van der Waals surface area contributed by atoms with Crippen molar-refractivity contribution in [3.63, 3.8) is 0 Å². The van der Waals surface area contributed by atoms with Crippen molar-refractivity contribution in [3.8, 4) is 0 Å². The van der Waals surface area contributed by atoms with Crippen molar-refractivity contribution in [2.75, 3.05) is 5.32 Å². The lowest BCUT2D eigenvalue weighted by atomic mass is 9.46. The predicted molar refractivity (Wildman–Crippen MR) is 111 cm³/mol. The average Bonchev–Trinajstić information content (AvgIpc) is 2.64. The van der Waals surface area contributed by atoms with Crippen molar-refractivity contribution in [3.05, 3.63) is 21.6 Å². The molecule has 6 nitrogen and oxygen atoms in total.